The summed E-state index contributed by atoms with van der Waals surface area (Å²) in [4.78, 5) is -0.518. The van der Waals surface area contributed by atoms with Crippen LogP contribution in [0.1, 0.15) is 19.8 Å². The average molecular weight is 349 g/mol. The number of hydrogen-bond acceptors (Lipinski definition) is 3. The van der Waals surface area contributed by atoms with Gasteiger partial charge in [0.15, 0.2) is 5.82 Å². The van der Waals surface area contributed by atoms with Crippen LogP contribution in [0.2, 0.25) is 0 Å². The topological polar surface area (TPSA) is 72.2 Å². The zero-order valence-electron chi connectivity index (χ0n) is 10.3. The minimum atomic E-state index is -4.05. The Kier molecular flexibility index (Phi) is 5.35. The fourth-order valence-electron chi connectivity index (χ4n) is 1.50. The van der Waals surface area contributed by atoms with Crippen LogP contribution in [0.5, 0.6) is 0 Å². The number of anilines is 1. The van der Waals surface area contributed by atoms with Gasteiger partial charge in [0.1, 0.15) is 4.90 Å². The molecule has 1 unspecified atom stereocenters. The Morgan fingerprint density at radius 2 is 2.21 bits per heavy atom. The molecule has 0 aliphatic rings. The van der Waals surface area contributed by atoms with Gasteiger partial charge in [-0.3, -0.25) is 0 Å². The Bertz CT molecular complexity index is 611. The largest absolute Gasteiger partial charge is 0.399 e. The highest BCUT2D eigenvalue weighted by atomic mass is 79.9. The number of nitrogens with two attached hydrogens (primary N) is 1. The zero-order valence-corrected chi connectivity index (χ0v) is 12.7. The molecule has 0 fully saturated rings. The van der Waals surface area contributed by atoms with Gasteiger partial charge in [0, 0.05) is 5.69 Å². The summed E-state index contributed by atoms with van der Waals surface area (Å²) in [6.45, 7) is 1.87. The Balaban J connectivity index is 3.18. The van der Waals surface area contributed by atoms with E-state index >= 15 is 0 Å². The summed E-state index contributed by atoms with van der Waals surface area (Å²) in [5, 5.41) is 0. The molecule has 0 aliphatic carbocycles. The molecule has 0 spiro atoms. The summed E-state index contributed by atoms with van der Waals surface area (Å²) in [6, 6.07) is 1.68. The van der Waals surface area contributed by atoms with Crippen LogP contribution in [0.25, 0.3) is 0 Å². The van der Waals surface area contributed by atoms with Crippen molar-refractivity contribution in [2.24, 2.45) is 0 Å². The number of rotatable bonds is 5. The monoisotopic (exact) mass is 348 g/mol. The predicted octanol–water partition coefficient (Wildman–Crippen LogP) is 2.25. The lowest BCUT2D eigenvalue weighted by molar-refractivity contribution is 0.544. The molecule has 4 nitrogen and oxygen atoms in total. The van der Waals surface area contributed by atoms with E-state index in [0.29, 0.717) is 12.8 Å². The molecule has 0 amide bonds. The van der Waals surface area contributed by atoms with Crippen LogP contribution in [0, 0.1) is 18.2 Å². The summed E-state index contributed by atoms with van der Waals surface area (Å²) in [5.74, 6) is 1.43. The Morgan fingerprint density at radius 3 is 2.74 bits per heavy atom. The van der Waals surface area contributed by atoms with E-state index in [9.17, 15) is 12.8 Å². The maximum absolute atomic E-state index is 13.8. The average Bonchev–Trinajstić information content (AvgIpc) is 2.32. The molecule has 0 aromatic heterocycles. The molecule has 0 heterocycles. The standard InChI is InChI=1S/C12H14BrFN2O2S/c1-3-5-9(4-2)16-19(17,18)11-7-8(15)6-10(13)12(11)14/h2,6-7,9,16H,3,5,15H2,1H3. The lowest BCUT2D eigenvalue weighted by Gasteiger charge is -2.14. The Labute approximate surface area is 120 Å². The molecular formula is C12H14BrFN2O2S. The van der Waals surface area contributed by atoms with Crippen molar-refractivity contribution >= 4 is 31.6 Å². The minimum absolute atomic E-state index is 0.0133. The quantitative estimate of drug-likeness (QED) is 0.633. The van der Waals surface area contributed by atoms with Crippen molar-refractivity contribution in [2.75, 3.05) is 5.73 Å². The van der Waals surface area contributed by atoms with Gasteiger partial charge in [-0.15, -0.1) is 6.42 Å². The summed E-state index contributed by atoms with van der Waals surface area (Å²) >= 11 is 2.92. The molecule has 0 saturated heterocycles. The fourth-order valence-corrected chi connectivity index (χ4v) is 3.43. The van der Waals surface area contributed by atoms with Crippen LogP contribution < -0.4 is 10.5 Å². The molecular weight excluding hydrogens is 335 g/mol. The van der Waals surface area contributed by atoms with Crippen LogP contribution in [0.3, 0.4) is 0 Å². The fraction of sp³-hybridized carbons (Fsp3) is 0.333. The van der Waals surface area contributed by atoms with E-state index in [2.05, 4.69) is 26.6 Å². The summed E-state index contributed by atoms with van der Waals surface area (Å²) in [6.07, 6.45) is 6.42. The lowest BCUT2D eigenvalue weighted by atomic mass is 10.2. The van der Waals surface area contributed by atoms with Gasteiger partial charge in [0.2, 0.25) is 10.0 Å². The second-order valence-corrected chi connectivity index (χ2v) is 6.48. The third kappa shape index (κ3) is 3.93. The van der Waals surface area contributed by atoms with Crippen molar-refractivity contribution in [1.29, 1.82) is 0 Å². The van der Waals surface area contributed by atoms with Crippen LogP contribution >= 0.6 is 15.9 Å². The van der Waals surface area contributed by atoms with Gasteiger partial charge in [-0.25, -0.2) is 12.8 Å². The summed E-state index contributed by atoms with van der Waals surface area (Å²) in [5.41, 5.74) is 5.66. The summed E-state index contributed by atoms with van der Waals surface area (Å²) < 4.78 is 40.3. The molecule has 0 radical (unpaired) electrons. The SMILES string of the molecule is C#CC(CCC)NS(=O)(=O)c1cc(N)cc(Br)c1F. The van der Waals surface area contributed by atoms with Crippen molar-refractivity contribution in [1.82, 2.24) is 4.72 Å². The molecule has 0 aliphatic heterocycles. The molecule has 104 valence electrons. The van der Waals surface area contributed by atoms with E-state index in [4.69, 9.17) is 12.2 Å². The smallest absolute Gasteiger partial charge is 0.244 e. The van der Waals surface area contributed by atoms with E-state index in [0.717, 1.165) is 6.07 Å². The first-order valence-corrected chi connectivity index (χ1v) is 7.82. The second kappa shape index (κ2) is 6.37. The minimum Gasteiger partial charge on any atom is -0.399 e. The first kappa shape index (κ1) is 16.0. The first-order valence-electron chi connectivity index (χ1n) is 5.54. The van der Waals surface area contributed by atoms with Crippen molar-refractivity contribution in [2.45, 2.75) is 30.7 Å². The molecule has 1 aromatic carbocycles. The summed E-state index contributed by atoms with van der Waals surface area (Å²) in [7, 11) is -4.05. The van der Waals surface area contributed by atoms with E-state index in [-0.39, 0.29) is 10.2 Å². The van der Waals surface area contributed by atoms with Gasteiger partial charge < -0.3 is 5.73 Å². The van der Waals surface area contributed by atoms with E-state index < -0.39 is 26.8 Å². The van der Waals surface area contributed by atoms with Crippen molar-refractivity contribution in [3.8, 4) is 12.3 Å². The number of sulfonamides is 1. The lowest BCUT2D eigenvalue weighted by Crippen LogP contribution is -2.34. The molecule has 7 heteroatoms. The molecule has 3 N–H and O–H groups in total. The van der Waals surface area contributed by atoms with Gasteiger partial charge in [-0.2, -0.15) is 4.72 Å². The Morgan fingerprint density at radius 1 is 1.58 bits per heavy atom. The highest BCUT2D eigenvalue weighted by Crippen LogP contribution is 2.26. The maximum atomic E-state index is 13.8. The van der Waals surface area contributed by atoms with Crippen LogP contribution in [0.4, 0.5) is 10.1 Å². The molecule has 19 heavy (non-hydrogen) atoms. The van der Waals surface area contributed by atoms with Crippen molar-refractivity contribution in [3.05, 3.63) is 22.4 Å². The number of terminal acetylenes is 1. The van der Waals surface area contributed by atoms with E-state index in [1.807, 2.05) is 6.92 Å². The number of nitrogens with one attached hydrogen (secondary N) is 1. The van der Waals surface area contributed by atoms with Crippen molar-refractivity contribution < 1.29 is 12.8 Å². The normalized spacial score (nSPS) is 12.9. The van der Waals surface area contributed by atoms with Gasteiger partial charge in [-0.1, -0.05) is 19.3 Å². The Hall–Kier alpha value is -1.10. The first-order chi connectivity index (χ1) is 8.81. The predicted molar refractivity (Wildman–Crippen MR) is 76.4 cm³/mol. The third-order valence-electron chi connectivity index (χ3n) is 2.38. The third-order valence-corrected chi connectivity index (χ3v) is 4.43. The number of halogens is 2. The molecule has 1 aromatic rings. The highest BCUT2D eigenvalue weighted by Gasteiger charge is 2.24. The number of hydrogen-bond donors (Lipinski definition) is 2. The molecule has 1 rings (SSSR count). The van der Waals surface area contributed by atoms with Gasteiger partial charge >= 0.3 is 0 Å². The van der Waals surface area contributed by atoms with Gasteiger partial charge in [-0.05, 0) is 34.5 Å². The van der Waals surface area contributed by atoms with Crippen LogP contribution in [-0.2, 0) is 10.0 Å². The van der Waals surface area contributed by atoms with Crippen LogP contribution in [0.15, 0.2) is 21.5 Å². The zero-order chi connectivity index (χ0) is 14.6. The van der Waals surface area contributed by atoms with Gasteiger partial charge in [0.25, 0.3) is 0 Å². The van der Waals surface area contributed by atoms with Gasteiger partial charge in [0.05, 0.1) is 10.5 Å². The highest BCUT2D eigenvalue weighted by molar-refractivity contribution is 9.10. The number of nitrogen functional groups attached to an aromatic ring is 1. The van der Waals surface area contributed by atoms with Crippen molar-refractivity contribution in [3.63, 3.8) is 0 Å². The van der Waals surface area contributed by atoms with E-state index in [1.165, 1.54) is 6.07 Å². The number of benzene rings is 1. The molecule has 1 atom stereocenters. The second-order valence-electron chi connectivity index (χ2n) is 3.94. The van der Waals surface area contributed by atoms with E-state index in [1.54, 1.807) is 0 Å². The van der Waals surface area contributed by atoms with Crippen LogP contribution in [-0.4, -0.2) is 14.5 Å². The maximum Gasteiger partial charge on any atom is 0.244 e. The molecule has 0 saturated carbocycles. The molecule has 0 bridgehead atoms.